The minimum absolute atomic E-state index is 0.469. The van der Waals surface area contributed by atoms with Crippen LogP contribution in [0.25, 0.3) is 0 Å². The Balaban J connectivity index is 1.57. The van der Waals surface area contributed by atoms with Gasteiger partial charge >= 0.3 is 0 Å². The second kappa shape index (κ2) is 5.24. The quantitative estimate of drug-likeness (QED) is 0.834. The maximum Gasteiger partial charge on any atom is 0.0621 e. The molecule has 0 spiro atoms. The predicted octanol–water partition coefficient (Wildman–Crippen LogP) is 3.89. The molecule has 2 aromatic rings. The third-order valence-corrected chi connectivity index (χ3v) is 4.40. The van der Waals surface area contributed by atoms with Gasteiger partial charge in [-0.25, -0.2) is 0 Å². The van der Waals surface area contributed by atoms with E-state index in [2.05, 4.69) is 40.3 Å². The highest BCUT2D eigenvalue weighted by atomic mass is 14.8. The summed E-state index contributed by atoms with van der Waals surface area (Å²) >= 11 is 0. The summed E-state index contributed by atoms with van der Waals surface area (Å²) in [5.74, 6) is 0.469. The molecule has 3 nitrogen and oxygen atoms in total. The maximum atomic E-state index is 4.90. The molecule has 104 valence electrons. The lowest BCUT2D eigenvalue weighted by Crippen LogP contribution is -2.08. The smallest absolute Gasteiger partial charge is 0.0621 e. The van der Waals surface area contributed by atoms with Crippen LogP contribution in [0.2, 0.25) is 0 Å². The van der Waals surface area contributed by atoms with Crippen molar-refractivity contribution in [3.8, 4) is 0 Å². The molecule has 2 heterocycles. The number of hydrogen-bond donors (Lipinski definition) is 0. The van der Waals surface area contributed by atoms with Gasteiger partial charge in [0.05, 0.1) is 11.4 Å². The molecular weight excluding hydrogens is 258 g/mol. The van der Waals surface area contributed by atoms with Crippen LogP contribution in [-0.4, -0.2) is 15.7 Å². The normalized spacial score (nSPS) is 21.1. The molecule has 1 unspecified atom stereocenters. The monoisotopic (exact) mass is 275 g/mol. The third-order valence-electron chi connectivity index (χ3n) is 4.40. The Hall–Kier alpha value is -2.29. The summed E-state index contributed by atoms with van der Waals surface area (Å²) in [7, 11) is 0. The Labute approximate surface area is 124 Å². The minimum atomic E-state index is 0.469. The first kappa shape index (κ1) is 12.5. The van der Waals surface area contributed by atoms with Crippen LogP contribution in [0.1, 0.15) is 42.9 Å². The molecule has 1 aromatic heterocycles. The summed E-state index contributed by atoms with van der Waals surface area (Å²) in [5, 5.41) is 0. The second-order valence-corrected chi connectivity index (χ2v) is 5.72. The first-order chi connectivity index (χ1) is 10.4. The molecule has 1 aliphatic heterocycles. The lowest BCUT2D eigenvalue weighted by atomic mass is 9.85. The number of allylic oxidation sites excluding steroid dienone is 2. The summed E-state index contributed by atoms with van der Waals surface area (Å²) in [6.07, 6.45) is 9.74. The van der Waals surface area contributed by atoms with Crippen LogP contribution in [0.3, 0.4) is 0 Å². The van der Waals surface area contributed by atoms with E-state index in [4.69, 9.17) is 4.99 Å². The van der Waals surface area contributed by atoms with Crippen LogP contribution < -0.4 is 0 Å². The highest BCUT2D eigenvalue weighted by molar-refractivity contribution is 6.04. The highest BCUT2D eigenvalue weighted by Gasteiger charge is 2.27. The zero-order chi connectivity index (χ0) is 14.1. The number of aromatic nitrogens is 2. The van der Waals surface area contributed by atoms with Gasteiger partial charge in [0.2, 0.25) is 0 Å². The zero-order valence-electron chi connectivity index (χ0n) is 11.9. The van der Waals surface area contributed by atoms with Gasteiger partial charge < -0.3 is 0 Å². The van der Waals surface area contributed by atoms with Crippen molar-refractivity contribution in [3.63, 3.8) is 0 Å². The third kappa shape index (κ3) is 2.40. The van der Waals surface area contributed by atoms with E-state index < -0.39 is 0 Å². The fraction of sp³-hybridized carbons (Fsp3) is 0.278. The van der Waals surface area contributed by atoms with E-state index in [0.29, 0.717) is 5.92 Å². The van der Waals surface area contributed by atoms with Crippen molar-refractivity contribution in [2.24, 2.45) is 4.99 Å². The van der Waals surface area contributed by atoms with Crippen molar-refractivity contribution in [1.29, 1.82) is 0 Å². The Morgan fingerprint density at radius 3 is 2.76 bits per heavy atom. The van der Waals surface area contributed by atoms with Gasteiger partial charge in [-0.2, -0.15) is 0 Å². The van der Waals surface area contributed by atoms with Crippen molar-refractivity contribution in [3.05, 3.63) is 71.4 Å². The van der Waals surface area contributed by atoms with E-state index in [1.165, 1.54) is 22.5 Å². The fourth-order valence-corrected chi connectivity index (χ4v) is 3.26. The standard InChI is InChI=1S/C18H17N3/c1-2-4-13(5-3-1)16-10-14-6-7-15(11-17(14)21-16)18-12-19-8-9-20-18/h1-5,8-9,12,15H,6-7,10-11H2. The lowest BCUT2D eigenvalue weighted by Gasteiger charge is -2.21. The Bertz CT molecular complexity index is 702. The summed E-state index contributed by atoms with van der Waals surface area (Å²) in [4.78, 5) is 13.6. The van der Waals surface area contributed by atoms with Gasteiger partial charge in [-0.15, -0.1) is 0 Å². The van der Waals surface area contributed by atoms with Gasteiger partial charge in [-0.05, 0) is 30.4 Å². The van der Waals surface area contributed by atoms with Crippen molar-refractivity contribution in [2.45, 2.75) is 31.6 Å². The van der Waals surface area contributed by atoms with Gasteiger partial charge in [-0.3, -0.25) is 15.0 Å². The van der Waals surface area contributed by atoms with Gasteiger partial charge in [0, 0.05) is 36.6 Å². The Morgan fingerprint density at radius 2 is 1.95 bits per heavy atom. The summed E-state index contributed by atoms with van der Waals surface area (Å²) in [5.41, 5.74) is 6.39. The van der Waals surface area contributed by atoms with E-state index >= 15 is 0 Å². The largest absolute Gasteiger partial charge is 0.261 e. The van der Waals surface area contributed by atoms with Gasteiger partial charge in [0.1, 0.15) is 0 Å². The van der Waals surface area contributed by atoms with Crippen LogP contribution in [0, 0.1) is 0 Å². The number of aliphatic imine (C=N–C) groups is 1. The molecule has 2 aliphatic rings. The molecule has 3 heteroatoms. The summed E-state index contributed by atoms with van der Waals surface area (Å²) < 4.78 is 0. The molecule has 0 N–H and O–H groups in total. The fourth-order valence-electron chi connectivity index (χ4n) is 3.26. The molecular formula is C18H17N3. The van der Waals surface area contributed by atoms with Crippen molar-refractivity contribution in [1.82, 2.24) is 9.97 Å². The molecule has 1 atom stereocenters. The second-order valence-electron chi connectivity index (χ2n) is 5.72. The summed E-state index contributed by atoms with van der Waals surface area (Å²) in [6, 6.07) is 10.5. The van der Waals surface area contributed by atoms with Crippen LogP contribution in [0.5, 0.6) is 0 Å². The van der Waals surface area contributed by atoms with Crippen LogP contribution in [-0.2, 0) is 0 Å². The van der Waals surface area contributed by atoms with Crippen LogP contribution in [0.4, 0.5) is 0 Å². The Kier molecular flexibility index (Phi) is 3.11. The number of nitrogens with zero attached hydrogens (tertiary/aromatic N) is 3. The maximum absolute atomic E-state index is 4.90. The van der Waals surface area contributed by atoms with Crippen LogP contribution in [0.15, 0.2) is 65.2 Å². The van der Waals surface area contributed by atoms with Crippen molar-refractivity contribution < 1.29 is 0 Å². The molecule has 0 saturated heterocycles. The first-order valence-electron chi connectivity index (χ1n) is 7.50. The van der Waals surface area contributed by atoms with E-state index in [-0.39, 0.29) is 0 Å². The molecule has 0 fully saturated rings. The Morgan fingerprint density at radius 1 is 1.05 bits per heavy atom. The average molecular weight is 275 g/mol. The zero-order valence-corrected chi connectivity index (χ0v) is 11.9. The predicted molar refractivity (Wildman–Crippen MR) is 83.2 cm³/mol. The molecule has 4 rings (SSSR count). The van der Waals surface area contributed by atoms with Gasteiger partial charge in [0.25, 0.3) is 0 Å². The number of benzene rings is 1. The van der Waals surface area contributed by atoms with Crippen molar-refractivity contribution in [2.75, 3.05) is 0 Å². The highest BCUT2D eigenvalue weighted by Crippen LogP contribution is 2.40. The van der Waals surface area contributed by atoms with Crippen molar-refractivity contribution >= 4 is 5.71 Å². The SMILES string of the molecule is c1ccc(C2=NC3=C(CCC(c4cnccn4)C3)C2)cc1. The van der Waals surface area contributed by atoms with Gasteiger partial charge in [0.15, 0.2) is 0 Å². The molecule has 0 amide bonds. The van der Waals surface area contributed by atoms with E-state index in [9.17, 15) is 0 Å². The molecule has 0 radical (unpaired) electrons. The van der Waals surface area contributed by atoms with E-state index in [1.807, 2.05) is 6.20 Å². The number of hydrogen-bond acceptors (Lipinski definition) is 3. The van der Waals surface area contributed by atoms with Gasteiger partial charge in [-0.1, -0.05) is 30.3 Å². The molecule has 0 saturated carbocycles. The van der Waals surface area contributed by atoms with E-state index in [1.54, 1.807) is 12.4 Å². The molecule has 1 aliphatic carbocycles. The molecule has 0 bridgehead atoms. The van der Waals surface area contributed by atoms with E-state index in [0.717, 1.165) is 31.4 Å². The first-order valence-corrected chi connectivity index (χ1v) is 7.50. The summed E-state index contributed by atoms with van der Waals surface area (Å²) in [6.45, 7) is 0. The topological polar surface area (TPSA) is 38.1 Å². The molecule has 1 aromatic carbocycles. The molecule has 21 heavy (non-hydrogen) atoms. The van der Waals surface area contributed by atoms with Crippen LogP contribution >= 0.6 is 0 Å². The minimum Gasteiger partial charge on any atom is -0.261 e. The average Bonchev–Trinajstić information content (AvgIpc) is 2.99. The lowest BCUT2D eigenvalue weighted by molar-refractivity contribution is 0.560. The number of rotatable bonds is 2.